The molecule has 2 rings (SSSR count). The number of benzene rings is 1. The van der Waals surface area contributed by atoms with E-state index in [1.54, 1.807) is 11.3 Å². The SMILES string of the molecule is CNCc1csc(-c2ccccc2)n1.[HH]. The number of hydrogen-bond donors (Lipinski definition) is 1. The number of hydrogen-bond acceptors (Lipinski definition) is 3. The normalized spacial score (nSPS) is 10.4. The fraction of sp³-hybridized carbons (Fsp3) is 0.182. The summed E-state index contributed by atoms with van der Waals surface area (Å²) in [5.41, 5.74) is 2.30. The van der Waals surface area contributed by atoms with Crippen LogP contribution in [0.25, 0.3) is 10.6 Å². The molecule has 0 aliphatic rings. The van der Waals surface area contributed by atoms with E-state index in [-0.39, 0.29) is 1.43 Å². The summed E-state index contributed by atoms with van der Waals surface area (Å²) < 4.78 is 0. The monoisotopic (exact) mass is 206 g/mol. The molecule has 1 aromatic carbocycles. The van der Waals surface area contributed by atoms with Gasteiger partial charge in [-0.3, -0.25) is 0 Å². The first kappa shape index (κ1) is 9.37. The van der Waals surface area contributed by atoms with Crippen molar-refractivity contribution in [2.45, 2.75) is 6.54 Å². The Labute approximate surface area is 89.1 Å². The molecule has 0 atom stereocenters. The minimum absolute atomic E-state index is 0. The van der Waals surface area contributed by atoms with Crippen LogP contribution in [0.2, 0.25) is 0 Å². The number of thiazole rings is 1. The molecule has 0 aliphatic carbocycles. The van der Waals surface area contributed by atoms with Crippen LogP contribution in [-0.4, -0.2) is 12.0 Å². The first-order valence-corrected chi connectivity index (χ1v) is 5.42. The smallest absolute Gasteiger partial charge is 0.123 e. The average molecular weight is 206 g/mol. The second-order valence-corrected chi connectivity index (χ2v) is 3.90. The second-order valence-electron chi connectivity index (χ2n) is 3.04. The van der Waals surface area contributed by atoms with Crippen molar-refractivity contribution in [2.24, 2.45) is 0 Å². The van der Waals surface area contributed by atoms with E-state index < -0.39 is 0 Å². The molecule has 0 amide bonds. The Morgan fingerprint density at radius 1 is 1.36 bits per heavy atom. The van der Waals surface area contributed by atoms with E-state index in [4.69, 9.17) is 0 Å². The Bertz CT molecular complexity index is 400. The molecule has 2 nitrogen and oxygen atoms in total. The highest BCUT2D eigenvalue weighted by Crippen LogP contribution is 2.22. The Kier molecular flexibility index (Phi) is 2.91. The van der Waals surface area contributed by atoms with Crippen LogP contribution in [-0.2, 0) is 6.54 Å². The van der Waals surface area contributed by atoms with Crippen molar-refractivity contribution in [2.75, 3.05) is 7.05 Å². The van der Waals surface area contributed by atoms with Gasteiger partial charge >= 0.3 is 0 Å². The van der Waals surface area contributed by atoms with Crippen LogP contribution in [0.3, 0.4) is 0 Å². The first-order chi connectivity index (χ1) is 6.90. The summed E-state index contributed by atoms with van der Waals surface area (Å²) in [7, 11) is 1.93. The third-order valence-electron chi connectivity index (χ3n) is 1.93. The van der Waals surface area contributed by atoms with Gasteiger partial charge in [-0.25, -0.2) is 4.98 Å². The third kappa shape index (κ3) is 2.00. The summed E-state index contributed by atoms with van der Waals surface area (Å²) in [6.45, 7) is 0.837. The fourth-order valence-electron chi connectivity index (χ4n) is 1.28. The maximum Gasteiger partial charge on any atom is 0.123 e. The van der Waals surface area contributed by atoms with Crippen LogP contribution in [0.1, 0.15) is 7.12 Å². The molecule has 0 spiro atoms. The van der Waals surface area contributed by atoms with Gasteiger partial charge < -0.3 is 5.32 Å². The molecule has 14 heavy (non-hydrogen) atoms. The highest BCUT2D eigenvalue weighted by molar-refractivity contribution is 7.13. The molecule has 0 saturated heterocycles. The minimum atomic E-state index is 0. The van der Waals surface area contributed by atoms with E-state index in [0.29, 0.717) is 0 Å². The molecule has 0 unspecified atom stereocenters. The molecule has 0 fully saturated rings. The lowest BCUT2D eigenvalue weighted by molar-refractivity contribution is 0.798. The van der Waals surface area contributed by atoms with Gasteiger partial charge in [0, 0.05) is 18.9 Å². The zero-order valence-electron chi connectivity index (χ0n) is 8.03. The molecule has 74 valence electrons. The number of nitrogens with one attached hydrogen (secondary N) is 1. The molecule has 1 aromatic heterocycles. The van der Waals surface area contributed by atoms with Crippen molar-refractivity contribution in [3.05, 3.63) is 41.4 Å². The maximum absolute atomic E-state index is 4.53. The third-order valence-corrected chi connectivity index (χ3v) is 2.87. The van der Waals surface area contributed by atoms with Crippen LogP contribution in [0.5, 0.6) is 0 Å². The molecule has 0 aliphatic heterocycles. The standard InChI is InChI=1S/C11H12N2S.H2/c1-12-7-10-8-14-11(13-10)9-5-3-2-4-6-9;/h2-6,8,12H,7H2,1H3;1H. The van der Waals surface area contributed by atoms with Crippen LogP contribution in [0.4, 0.5) is 0 Å². The number of nitrogens with zero attached hydrogens (tertiary/aromatic N) is 1. The van der Waals surface area contributed by atoms with Crippen LogP contribution in [0, 0.1) is 0 Å². The zero-order chi connectivity index (χ0) is 9.80. The number of aromatic nitrogens is 1. The van der Waals surface area contributed by atoms with Crippen LogP contribution < -0.4 is 5.32 Å². The van der Waals surface area contributed by atoms with Gasteiger partial charge in [0.05, 0.1) is 5.69 Å². The molecule has 1 N–H and O–H groups in total. The molecule has 0 bridgehead atoms. The van der Waals surface area contributed by atoms with Crippen molar-refractivity contribution < 1.29 is 1.43 Å². The zero-order valence-corrected chi connectivity index (χ0v) is 8.84. The summed E-state index contributed by atoms with van der Waals surface area (Å²) in [5.74, 6) is 0. The first-order valence-electron chi connectivity index (χ1n) is 4.54. The predicted octanol–water partition coefficient (Wildman–Crippen LogP) is 2.78. The lowest BCUT2D eigenvalue weighted by atomic mass is 10.2. The summed E-state index contributed by atoms with van der Waals surface area (Å²) in [5, 5.41) is 6.28. The summed E-state index contributed by atoms with van der Waals surface area (Å²) in [6.07, 6.45) is 0. The van der Waals surface area contributed by atoms with Crippen molar-refractivity contribution in [1.29, 1.82) is 0 Å². The van der Waals surface area contributed by atoms with Crippen molar-refractivity contribution in [1.82, 2.24) is 10.3 Å². The fourth-order valence-corrected chi connectivity index (χ4v) is 2.11. The summed E-state index contributed by atoms with van der Waals surface area (Å²) >= 11 is 1.69. The molecule has 0 radical (unpaired) electrons. The van der Waals surface area contributed by atoms with Gasteiger partial charge in [-0.05, 0) is 7.05 Å². The molecule has 0 saturated carbocycles. The summed E-state index contributed by atoms with van der Waals surface area (Å²) in [6, 6.07) is 10.3. The van der Waals surface area contributed by atoms with Crippen molar-refractivity contribution in [3.63, 3.8) is 0 Å². The van der Waals surface area contributed by atoms with Crippen molar-refractivity contribution in [3.8, 4) is 10.6 Å². The minimum Gasteiger partial charge on any atom is -0.314 e. The summed E-state index contributed by atoms with van der Waals surface area (Å²) in [4.78, 5) is 4.53. The highest BCUT2D eigenvalue weighted by atomic mass is 32.1. The van der Waals surface area contributed by atoms with Gasteiger partial charge in [-0.15, -0.1) is 11.3 Å². The van der Waals surface area contributed by atoms with Gasteiger partial charge in [0.15, 0.2) is 0 Å². The van der Waals surface area contributed by atoms with Gasteiger partial charge in [-0.1, -0.05) is 30.3 Å². The maximum atomic E-state index is 4.53. The highest BCUT2D eigenvalue weighted by Gasteiger charge is 2.02. The van der Waals surface area contributed by atoms with Gasteiger partial charge in [0.1, 0.15) is 5.01 Å². The van der Waals surface area contributed by atoms with E-state index in [0.717, 1.165) is 17.2 Å². The predicted molar refractivity (Wildman–Crippen MR) is 62.4 cm³/mol. The van der Waals surface area contributed by atoms with Gasteiger partial charge in [0.25, 0.3) is 0 Å². The van der Waals surface area contributed by atoms with Gasteiger partial charge in [0.2, 0.25) is 0 Å². The van der Waals surface area contributed by atoms with E-state index in [1.165, 1.54) is 5.56 Å². The lowest BCUT2D eigenvalue weighted by Crippen LogP contribution is -2.04. The van der Waals surface area contributed by atoms with Crippen molar-refractivity contribution >= 4 is 11.3 Å². The topological polar surface area (TPSA) is 24.9 Å². The Morgan fingerprint density at radius 2 is 2.14 bits per heavy atom. The van der Waals surface area contributed by atoms with E-state index in [1.807, 2.05) is 25.2 Å². The quantitative estimate of drug-likeness (QED) is 0.835. The van der Waals surface area contributed by atoms with Gasteiger partial charge in [-0.2, -0.15) is 0 Å². The Hall–Kier alpha value is -1.19. The molecular formula is C11H14N2S. The van der Waals surface area contributed by atoms with E-state index in [2.05, 4.69) is 27.8 Å². The lowest BCUT2D eigenvalue weighted by Gasteiger charge is -1.94. The Morgan fingerprint density at radius 3 is 2.86 bits per heavy atom. The Balaban J connectivity index is 0.00000112. The number of rotatable bonds is 3. The largest absolute Gasteiger partial charge is 0.314 e. The van der Waals surface area contributed by atoms with Crippen LogP contribution >= 0.6 is 11.3 Å². The molecule has 3 heteroatoms. The molecule has 2 aromatic rings. The average Bonchev–Trinajstić information content (AvgIpc) is 2.68. The van der Waals surface area contributed by atoms with E-state index >= 15 is 0 Å². The molecular weight excluding hydrogens is 192 g/mol. The van der Waals surface area contributed by atoms with Crippen LogP contribution in [0.15, 0.2) is 35.7 Å². The molecule has 1 heterocycles. The second kappa shape index (κ2) is 4.35. The van der Waals surface area contributed by atoms with E-state index in [9.17, 15) is 0 Å².